The van der Waals surface area contributed by atoms with E-state index < -0.39 is 31.7 Å². The average Bonchev–Trinajstić information content (AvgIpc) is 2.60. The van der Waals surface area contributed by atoms with E-state index in [1.165, 1.54) is 6.42 Å². The minimum absolute atomic E-state index is 0.0916. The minimum Gasteiger partial charge on any atom is -0.356 e. The maximum absolute atomic E-state index is 12.9. The molecule has 0 aliphatic heterocycles. The summed E-state index contributed by atoms with van der Waals surface area (Å²) >= 11 is 5.49. The molecule has 1 fully saturated rings. The fourth-order valence-electron chi connectivity index (χ4n) is 3.01. The van der Waals surface area contributed by atoms with Gasteiger partial charge in [-0.2, -0.15) is 13.2 Å². The van der Waals surface area contributed by atoms with Gasteiger partial charge in [0.2, 0.25) is 15.9 Å². The Labute approximate surface area is 161 Å². The lowest BCUT2D eigenvalue weighted by Crippen LogP contribution is -2.33. The van der Waals surface area contributed by atoms with Crippen LogP contribution in [0.1, 0.15) is 44.1 Å². The Kier molecular flexibility index (Phi) is 7.53. The number of carbonyl (C=O) groups is 1. The second-order valence-corrected chi connectivity index (χ2v) is 8.77. The van der Waals surface area contributed by atoms with Crippen LogP contribution in [0, 0.1) is 5.92 Å². The maximum atomic E-state index is 12.9. The molecular formula is C17H22ClF3N2O3S. The van der Waals surface area contributed by atoms with E-state index in [4.69, 9.17) is 11.6 Å². The largest absolute Gasteiger partial charge is 0.417 e. The molecule has 0 radical (unpaired) electrons. The summed E-state index contributed by atoms with van der Waals surface area (Å²) in [5.41, 5.74) is -1.22. The standard InChI is InChI=1S/C17H22ClF3N2O3S/c18-15-7-6-13(10-14(15)17(19,20)21)27(25,26)23-9-8-16(24)22-11-12-4-2-1-3-5-12/h6-7,10,12,23H,1-5,8-9,11H2,(H,22,24). The highest BCUT2D eigenvalue weighted by molar-refractivity contribution is 7.89. The Balaban J connectivity index is 1.86. The van der Waals surface area contributed by atoms with E-state index in [2.05, 4.69) is 10.0 Å². The number of halogens is 4. The highest BCUT2D eigenvalue weighted by Crippen LogP contribution is 2.35. The summed E-state index contributed by atoms with van der Waals surface area (Å²) in [6.45, 7) is 0.362. The molecular weight excluding hydrogens is 405 g/mol. The van der Waals surface area contributed by atoms with Crippen LogP contribution < -0.4 is 10.0 Å². The van der Waals surface area contributed by atoms with Gasteiger partial charge in [-0.05, 0) is 37.0 Å². The highest BCUT2D eigenvalue weighted by Gasteiger charge is 2.34. The molecule has 10 heteroatoms. The van der Waals surface area contributed by atoms with Crippen molar-refractivity contribution in [2.75, 3.05) is 13.1 Å². The molecule has 1 aromatic rings. The van der Waals surface area contributed by atoms with Gasteiger partial charge in [0.25, 0.3) is 0 Å². The fourth-order valence-corrected chi connectivity index (χ4v) is 4.29. The molecule has 1 amide bonds. The van der Waals surface area contributed by atoms with Crippen molar-refractivity contribution in [2.24, 2.45) is 5.92 Å². The quantitative estimate of drug-likeness (QED) is 0.697. The second-order valence-electron chi connectivity index (χ2n) is 6.60. The molecule has 0 unspecified atom stereocenters. The van der Waals surface area contributed by atoms with Gasteiger partial charge in [-0.3, -0.25) is 4.79 Å². The van der Waals surface area contributed by atoms with Crippen LogP contribution >= 0.6 is 11.6 Å². The first-order chi connectivity index (χ1) is 12.6. The van der Waals surface area contributed by atoms with E-state index in [0.717, 1.165) is 37.8 Å². The summed E-state index contributed by atoms with van der Waals surface area (Å²) < 4.78 is 65.0. The van der Waals surface area contributed by atoms with Crippen molar-refractivity contribution in [2.45, 2.75) is 49.6 Å². The summed E-state index contributed by atoms with van der Waals surface area (Å²) in [5.74, 6) is 0.157. The van der Waals surface area contributed by atoms with E-state index in [0.29, 0.717) is 18.5 Å². The van der Waals surface area contributed by atoms with E-state index >= 15 is 0 Å². The van der Waals surface area contributed by atoms with Gasteiger partial charge in [-0.1, -0.05) is 30.9 Å². The number of carbonyl (C=O) groups excluding carboxylic acids is 1. The first-order valence-corrected chi connectivity index (χ1v) is 10.6. The monoisotopic (exact) mass is 426 g/mol. The Morgan fingerprint density at radius 3 is 2.48 bits per heavy atom. The van der Waals surface area contributed by atoms with Crippen LogP contribution in [-0.2, 0) is 21.0 Å². The summed E-state index contributed by atoms with van der Waals surface area (Å²) in [6.07, 6.45) is 0.818. The van der Waals surface area contributed by atoms with Gasteiger partial charge in [0.05, 0.1) is 15.5 Å². The van der Waals surface area contributed by atoms with Crippen molar-refractivity contribution >= 4 is 27.5 Å². The molecule has 2 rings (SSSR count). The molecule has 1 aliphatic carbocycles. The molecule has 0 bridgehead atoms. The molecule has 0 atom stereocenters. The van der Waals surface area contributed by atoms with E-state index in [9.17, 15) is 26.4 Å². The summed E-state index contributed by atoms with van der Waals surface area (Å²) in [4.78, 5) is 11.3. The lowest BCUT2D eigenvalue weighted by atomic mass is 9.89. The van der Waals surface area contributed by atoms with Crippen molar-refractivity contribution in [3.8, 4) is 0 Å². The molecule has 0 aromatic heterocycles. The average molecular weight is 427 g/mol. The molecule has 1 aliphatic rings. The fraction of sp³-hybridized carbons (Fsp3) is 0.588. The van der Waals surface area contributed by atoms with Gasteiger partial charge in [0.15, 0.2) is 0 Å². The number of benzene rings is 1. The normalized spacial score (nSPS) is 16.3. The minimum atomic E-state index is -4.76. The van der Waals surface area contributed by atoms with E-state index in [1.807, 2.05) is 0 Å². The lowest BCUT2D eigenvalue weighted by Gasteiger charge is -2.21. The lowest BCUT2D eigenvalue weighted by molar-refractivity contribution is -0.137. The number of nitrogens with one attached hydrogen (secondary N) is 2. The SMILES string of the molecule is O=C(CCNS(=O)(=O)c1ccc(Cl)c(C(F)(F)F)c1)NCC1CCCCC1. The van der Waals surface area contributed by atoms with Crippen LogP contribution in [0.15, 0.2) is 23.1 Å². The Hall–Kier alpha value is -1.32. The van der Waals surface area contributed by atoms with Gasteiger partial charge in [0.1, 0.15) is 0 Å². The van der Waals surface area contributed by atoms with Crippen LogP contribution in [0.25, 0.3) is 0 Å². The van der Waals surface area contributed by atoms with Crippen LogP contribution in [0.4, 0.5) is 13.2 Å². The molecule has 152 valence electrons. The zero-order valence-electron chi connectivity index (χ0n) is 14.6. The molecule has 1 aromatic carbocycles. The number of hydrogen-bond donors (Lipinski definition) is 2. The molecule has 0 heterocycles. The first kappa shape index (κ1) is 22.0. The third-order valence-corrected chi connectivity index (χ3v) is 6.30. The van der Waals surface area contributed by atoms with Crippen LogP contribution in [-0.4, -0.2) is 27.4 Å². The van der Waals surface area contributed by atoms with Crippen LogP contribution in [0.3, 0.4) is 0 Å². The number of hydrogen-bond acceptors (Lipinski definition) is 3. The Morgan fingerprint density at radius 1 is 1.19 bits per heavy atom. The molecule has 5 nitrogen and oxygen atoms in total. The number of amides is 1. The summed E-state index contributed by atoms with van der Waals surface area (Å²) in [6, 6.07) is 2.35. The number of sulfonamides is 1. The number of rotatable bonds is 7. The number of alkyl halides is 3. The van der Waals surface area contributed by atoms with Gasteiger partial charge in [-0.25, -0.2) is 13.1 Å². The molecule has 27 heavy (non-hydrogen) atoms. The molecule has 1 saturated carbocycles. The van der Waals surface area contributed by atoms with Crippen molar-refractivity contribution in [1.82, 2.24) is 10.0 Å². The van der Waals surface area contributed by atoms with Crippen molar-refractivity contribution in [1.29, 1.82) is 0 Å². The highest BCUT2D eigenvalue weighted by atomic mass is 35.5. The van der Waals surface area contributed by atoms with Crippen molar-refractivity contribution in [3.63, 3.8) is 0 Å². The van der Waals surface area contributed by atoms with Gasteiger partial charge >= 0.3 is 6.18 Å². The maximum Gasteiger partial charge on any atom is 0.417 e. The Morgan fingerprint density at radius 2 is 1.85 bits per heavy atom. The van der Waals surface area contributed by atoms with Crippen LogP contribution in [0.2, 0.25) is 5.02 Å². The van der Waals surface area contributed by atoms with Crippen molar-refractivity contribution in [3.05, 3.63) is 28.8 Å². The van der Waals surface area contributed by atoms with Gasteiger partial charge in [-0.15, -0.1) is 0 Å². The van der Waals surface area contributed by atoms with Crippen molar-refractivity contribution < 1.29 is 26.4 Å². The van der Waals surface area contributed by atoms with E-state index in [1.54, 1.807) is 0 Å². The smallest absolute Gasteiger partial charge is 0.356 e. The third kappa shape index (κ3) is 6.65. The topological polar surface area (TPSA) is 75.3 Å². The predicted octanol–water partition coefficient (Wildman–Crippen LogP) is 3.72. The molecule has 2 N–H and O–H groups in total. The van der Waals surface area contributed by atoms with E-state index in [-0.39, 0.29) is 18.9 Å². The third-order valence-electron chi connectivity index (χ3n) is 4.51. The second kappa shape index (κ2) is 9.25. The summed E-state index contributed by atoms with van der Waals surface area (Å²) in [7, 11) is -4.18. The zero-order chi connectivity index (χ0) is 20.1. The molecule has 0 saturated heterocycles. The predicted molar refractivity (Wildman–Crippen MR) is 95.8 cm³/mol. The molecule has 0 spiro atoms. The van der Waals surface area contributed by atoms with Gasteiger partial charge in [0, 0.05) is 19.5 Å². The Bertz CT molecular complexity index is 763. The first-order valence-electron chi connectivity index (χ1n) is 8.73. The summed E-state index contributed by atoms with van der Waals surface area (Å²) in [5, 5.41) is 2.19. The zero-order valence-corrected chi connectivity index (χ0v) is 16.2. The van der Waals surface area contributed by atoms with Crippen LogP contribution in [0.5, 0.6) is 0 Å². The van der Waals surface area contributed by atoms with Gasteiger partial charge < -0.3 is 5.32 Å².